The molecule has 0 radical (unpaired) electrons. The molecule has 2 aromatic carbocycles. The van der Waals surface area contributed by atoms with Crippen molar-refractivity contribution in [3.8, 4) is 11.5 Å². The smallest absolute Gasteiger partial charge is 0.264 e. The minimum Gasteiger partial charge on any atom is -0.546 e. The summed E-state index contributed by atoms with van der Waals surface area (Å²) in [5.41, 5.74) is 1.46. The molecule has 0 spiro atoms. The lowest BCUT2D eigenvalue weighted by atomic mass is 10.2. The Kier molecular flexibility index (Phi) is 6.33. The number of hydrogen-bond acceptors (Lipinski definition) is 7. The predicted octanol–water partition coefficient (Wildman–Crippen LogP) is 2.11. The van der Waals surface area contributed by atoms with Crippen molar-refractivity contribution >= 4 is 40.6 Å². The largest absolute Gasteiger partial charge is 0.546 e. The highest BCUT2D eigenvalue weighted by molar-refractivity contribution is 8.18. The number of carbonyl (C=O) groups is 2. The number of aliphatic imine (C=N–C) groups is 1. The molecule has 1 amide bonds. The molecule has 0 bridgehead atoms. The van der Waals surface area contributed by atoms with Gasteiger partial charge in [-0.2, -0.15) is 0 Å². The van der Waals surface area contributed by atoms with Crippen LogP contribution < -0.4 is 19.9 Å². The Morgan fingerprint density at radius 3 is 2.68 bits per heavy atom. The van der Waals surface area contributed by atoms with Crippen LogP contribution in [0.4, 0.5) is 5.69 Å². The van der Waals surface area contributed by atoms with E-state index in [9.17, 15) is 14.7 Å². The number of amidine groups is 1. The van der Waals surface area contributed by atoms with Crippen LogP contribution in [0, 0.1) is 0 Å². The molecule has 1 heterocycles. The first kappa shape index (κ1) is 19.5. The van der Waals surface area contributed by atoms with E-state index in [4.69, 9.17) is 9.47 Å². The molecule has 2 aromatic rings. The summed E-state index contributed by atoms with van der Waals surface area (Å²) < 4.78 is 10.7. The fourth-order valence-electron chi connectivity index (χ4n) is 2.39. The van der Waals surface area contributed by atoms with Crippen LogP contribution in [0.1, 0.15) is 12.5 Å². The van der Waals surface area contributed by atoms with Gasteiger partial charge in [-0.1, -0.05) is 24.3 Å². The molecule has 1 aliphatic heterocycles. The second-order valence-electron chi connectivity index (χ2n) is 5.62. The van der Waals surface area contributed by atoms with Gasteiger partial charge in [0.25, 0.3) is 5.91 Å². The maximum atomic E-state index is 12.2. The van der Waals surface area contributed by atoms with Gasteiger partial charge >= 0.3 is 0 Å². The average molecular weight is 397 g/mol. The fourth-order valence-corrected chi connectivity index (χ4v) is 3.23. The maximum absolute atomic E-state index is 12.2. The zero-order chi connectivity index (χ0) is 19.9. The highest BCUT2D eigenvalue weighted by atomic mass is 32.2. The fraction of sp³-hybridized carbons (Fsp3) is 0.150. The minimum absolute atomic E-state index is 0.241. The number of benzene rings is 2. The number of carboxylic acids is 1. The number of carboxylic acid groups (broad SMARTS) is 1. The van der Waals surface area contributed by atoms with Crippen molar-refractivity contribution in [1.82, 2.24) is 5.32 Å². The van der Waals surface area contributed by atoms with Crippen molar-refractivity contribution in [2.24, 2.45) is 4.99 Å². The average Bonchev–Trinajstić information content (AvgIpc) is 3.01. The van der Waals surface area contributed by atoms with Crippen molar-refractivity contribution in [3.63, 3.8) is 0 Å². The molecule has 1 saturated heterocycles. The van der Waals surface area contributed by atoms with E-state index in [1.54, 1.807) is 31.2 Å². The molecule has 0 unspecified atom stereocenters. The molecule has 8 heteroatoms. The number of rotatable bonds is 7. The van der Waals surface area contributed by atoms with E-state index in [0.717, 1.165) is 5.69 Å². The lowest BCUT2D eigenvalue weighted by Crippen LogP contribution is -2.29. The molecule has 1 fully saturated rings. The van der Waals surface area contributed by atoms with Crippen molar-refractivity contribution < 1.29 is 24.2 Å². The third-order valence-electron chi connectivity index (χ3n) is 3.55. The summed E-state index contributed by atoms with van der Waals surface area (Å²) >= 11 is 1.24. The normalized spacial score (nSPS) is 16.2. The molecule has 144 valence electrons. The van der Waals surface area contributed by atoms with Crippen molar-refractivity contribution in [3.05, 3.63) is 59.0 Å². The lowest BCUT2D eigenvalue weighted by molar-refractivity contribution is -0.307. The summed E-state index contributed by atoms with van der Waals surface area (Å²) in [6.07, 6.45) is 1.71. The van der Waals surface area contributed by atoms with Crippen molar-refractivity contribution in [2.75, 3.05) is 13.2 Å². The summed E-state index contributed by atoms with van der Waals surface area (Å²) in [5, 5.41) is 13.8. The maximum Gasteiger partial charge on any atom is 0.264 e. The van der Waals surface area contributed by atoms with E-state index in [1.165, 1.54) is 11.8 Å². The van der Waals surface area contributed by atoms with Gasteiger partial charge in [0.15, 0.2) is 16.7 Å². The van der Waals surface area contributed by atoms with Crippen LogP contribution in [0.15, 0.2) is 58.4 Å². The van der Waals surface area contributed by atoms with Gasteiger partial charge in [-0.25, -0.2) is 4.99 Å². The van der Waals surface area contributed by atoms with E-state index in [-0.39, 0.29) is 5.91 Å². The van der Waals surface area contributed by atoms with Gasteiger partial charge in [0.05, 0.1) is 23.2 Å². The number of aliphatic carboxylic acids is 1. The molecule has 3 rings (SSSR count). The molecule has 7 nitrogen and oxygen atoms in total. The Bertz CT molecular complexity index is 941. The third kappa shape index (κ3) is 5.14. The number of ether oxygens (including phenoxy) is 2. The molecule has 28 heavy (non-hydrogen) atoms. The number of amides is 1. The Balaban J connectivity index is 1.80. The van der Waals surface area contributed by atoms with Gasteiger partial charge < -0.3 is 24.7 Å². The van der Waals surface area contributed by atoms with Crippen LogP contribution in [0.5, 0.6) is 11.5 Å². The van der Waals surface area contributed by atoms with Crippen LogP contribution in [0.3, 0.4) is 0 Å². The number of para-hydroxylation sites is 1. The van der Waals surface area contributed by atoms with E-state index < -0.39 is 12.6 Å². The van der Waals surface area contributed by atoms with E-state index in [2.05, 4.69) is 10.3 Å². The van der Waals surface area contributed by atoms with Gasteiger partial charge in [-0.3, -0.25) is 4.79 Å². The van der Waals surface area contributed by atoms with E-state index >= 15 is 0 Å². The Hall–Kier alpha value is -3.26. The lowest BCUT2D eigenvalue weighted by Gasteiger charge is -2.13. The summed E-state index contributed by atoms with van der Waals surface area (Å²) in [4.78, 5) is 27.7. The van der Waals surface area contributed by atoms with Crippen LogP contribution >= 0.6 is 11.8 Å². The number of carbonyl (C=O) groups excluding carboxylic acids is 2. The quantitative estimate of drug-likeness (QED) is 0.719. The zero-order valence-corrected chi connectivity index (χ0v) is 15.8. The van der Waals surface area contributed by atoms with Gasteiger partial charge in [-0.05, 0) is 54.6 Å². The Morgan fingerprint density at radius 2 is 1.96 bits per heavy atom. The molecular weight excluding hydrogens is 380 g/mol. The third-order valence-corrected chi connectivity index (χ3v) is 4.46. The number of thioether (sulfide) groups is 1. The standard InChI is InChI=1S/C20H18N2O5S/c1-2-26-16-10-13(8-9-15(16)27-12-18(23)24)11-17-19(25)22-20(28-17)21-14-6-4-3-5-7-14/h3-11H,2,12H2,1H3,(H,23,24)(H,21,22,25)/p-1/b17-11+. The molecule has 0 aliphatic carbocycles. The molecular formula is C20H17N2O5S-. The van der Waals surface area contributed by atoms with Crippen LogP contribution in [-0.4, -0.2) is 30.3 Å². The second-order valence-corrected chi connectivity index (χ2v) is 6.65. The number of nitrogens with one attached hydrogen (secondary N) is 1. The van der Waals surface area contributed by atoms with Crippen LogP contribution in [0.2, 0.25) is 0 Å². The number of nitrogens with zero attached hydrogens (tertiary/aromatic N) is 1. The first-order valence-corrected chi connectivity index (χ1v) is 9.31. The van der Waals surface area contributed by atoms with E-state index in [0.29, 0.717) is 33.7 Å². The van der Waals surface area contributed by atoms with Crippen molar-refractivity contribution in [2.45, 2.75) is 6.92 Å². The van der Waals surface area contributed by atoms with Crippen molar-refractivity contribution in [1.29, 1.82) is 0 Å². The topological polar surface area (TPSA) is 100 Å². The Labute approximate surface area is 166 Å². The van der Waals surface area contributed by atoms with Gasteiger partial charge in [-0.15, -0.1) is 0 Å². The number of hydrogen-bond donors (Lipinski definition) is 1. The highest BCUT2D eigenvalue weighted by Gasteiger charge is 2.24. The first-order valence-electron chi connectivity index (χ1n) is 8.49. The summed E-state index contributed by atoms with van der Waals surface area (Å²) in [6, 6.07) is 14.3. The molecule has 1 N–H and O–H groups in total. The summed E-state index contributed by atoms with van der Waals surface area (Å²) in [5.74, 6) is -0.879. The van der Waals surface area contributed by atoms with Gasteiger partial charge in [0, 0.05) is 0 Å². The SMILES string of the molecule is CCOc1cc(/C=C2/SC(=Nc3ccccc3)NC2=O)ccc1OCC(=O)[O-]. The molecule has 1 aliphatic rings. The second kappa shape index (κ2) is 9.09. The predicted molar refractivity (Wildman–Crippen MR) is 105 cm³/mol. The van der Waals surface area contributed by atoms with Gasteiger partial charge in [0.1, 0.15) is 6.61 Å². The van der Waals surface area contributed by atoms with Gasteiger partial charge in [0.2, 0.25) is 0 Å². The monoisotopic (exact) mass is 397 g/mol. The molecule has 0 saturated carbocycles. The Morgan fingerprint density at radius 1 is 1.18 bits per heavy atom. The molecule has 0 atom stereocenters. The first-order chi connectivity index (χ1) is 13.5. The minimum atomic E-state index is -1.32. The van der Waals surface area contributed by atoms with Crippen LogP contribution in [-0.2, 0) is 9.59 Å². The zero-order valence-electron chi connectivity index (χ0n) is 15.0. The molecule has 0 aromatic heterocycles. The van der Waals surface area contributed by atoms with E-state index in [1.807, 2.05) is 30.3 Å². The van der Waals surface area contributed by atoms with Crippen LogP contribution in [0.25, 0.3) is 6.08 Å². The highest BCUT2D eigenvalue weighted by Crippen LogP contribution is 2.32. The summed E-state index contributed by atoms with van der Waals surface area (Å²) in [7, 11) is 0. The summed E-state index contributed by atoms with van der Waals surface area (Å²) in [6.45, 7) is 1.61.